The Morgan fingerprint density at radius 3 is 2.03 bits per heavy atom. The predicted octanol–water partition coefficient (Wildman–Crippen LogP) is 8.73. The highest BCUT2D eigenvalue weighted by atomic mass is 31.3. The van der Waals surface area contributed by atoms with E-state index in [4.69, 9.17) is 29.0 Å². The molecule has 2 heterocycles. The topological polar surface area (TPSA) is 283 Å². The Hall–Kier alpha value is -3.87. The third kappa shape index (κ3) is 29.2. The van der Waals surface area contributed by atoms with Crippen LogP contribution in [0.1, 0.15) is 155 Å². The molecule has 1 fully saturated rings. The smallest absolute Gasteiger partial charge is 0.462 e. The van der Waals surface area contributed by atoms with Gasteiger partial charge in [0.25, 0.3) is 0 Å². The molecule has 6 N–H and O–H groups in total. The lowest BCUT2D eigenvalue weighted by Crippen LogP contribution is -2.36. The highest BCUT2D eigenvalue weighted by molar-refractivity contribution is 7.61. The number of esters is 2. The number of nitrogens with two attached hydrogens (primary N) is 1. The molecule has 0 spiro atoms. The number of carbonyl (C=O) groups excluding carboxylic acids is 3. The van der Waals surface area contributed by atoms with Gasteiger partial charge in [-0.3, -0.25) is 28.0 Å². The lowest BCUT2D eigenvalue weighted by Gasteiger charge is -2.21. The van der Waals surface area contributed by atoms with E-state index in [9.17, 15) is 48.3 Å². The van der Waals surface area contributed by atoms with Crippen molar-refractivity contribution >= 4 is 39.2 Å². The van der Waals surface area contributed by atoms with Gasteiger partial charge in [0.2, 0.25) is 0 Å². The summed E-state index contributed by atoms with van der Waals surface area (Å²) in [7, 11) is -10.9. The molecule has 1 saturated heterocycles. The second kappa shape index (κ2) is 36.1. The quantitative estimate of drug-likeness (QED) is 0.0103. The summed E-state index contributed by atoms with van der Waals surface area (Å²) >= 11 is 0. The Kier molecular flexibility index (Phi) is 32.1. The van der Waals surface area contributed by atoms with E-state index < -0.39 is 83.7 Å². The molecule has 2 rings (SSSR count). The number of ether oxygens (including phenoxy) is 3. The molecule has 1 aliphatic rings. The Balaban J connectivity index is 1.85. The van der Waals surface area contributed by atoms with Crippen LogP contribution in [0.15, 0.2) is 77.8 Å². The molecule has 1 aromatic heterocycles. The number of unbranched alkanes of at least 4 members (excludes halogenated alkanes) is 12. The molecule has 0 saturated carbocycles. The normalized spacial score (nSPS) is 19.8. The third-order valence-electron chi connectivity index (χ3n) is 10.6. The third-order valence-corrected chi connectivity index (χ3v) is 13.2. The zero-order valence-electron chi connectivity index (χ0n) is 40.3. The number of aromatic nitrogens is 2. The van der Waals surface area contributed by atoms with Gasteiger partial charge in [0.1, 0.15) is 30.7 Å². The molecule has 19 nitrogen and oxygen atoms in total. The van der Waals surface area contributed by atoms with Crippen LogP contribution >= 0.6 is 15.6 Å². The van der Waals surface area contributed by atoms with Crippen LogP contribution in [-0.4, -0.2) is 91.5 Å². The monoisotopic (exact) mass is 1010 g/mol. The molecule has 69 heavy (non-hydrogen) atoms. The van der Waals surface area contributed by atoms with Crippen molar-refractivity contribution in [2.75, 3.05) is 25.6 Å². The van der Waals surface area contributed by atoms with Crippen molar-refractivity contribution in [3.63, 3.8) is 0 Å². The number of carbonyl (C=O) groups is 3. The number of hydrogen-bond donors (Lipinski definition) is 5. The summed E-state index contributed by atoms with van der Waals surface area (Å²) in [5, 5.41) is 20.9. The lowest BCUT2D eigenvalue weighted by atomic mass is 10.1. The fourth-order valence-electron chi connectivity index (χ4n) is 6.72. The fraction of sp³-hybridized carbons (Fsp3) is 0.646. The minimum atomic E-state index is -5.44. The van der Waals surface area contributed by atoms with Crippen LogP contribution in [0.25, 0.3) is 0 Å². The van der Waals surface area contributed by atoms with E-state index in [0.717, 1.165) is 75.0 Å². The highest BCUT2D eigenvalue weighted by Gasteiger charge is 2.46. The zero-order valence-corrected chi connectivity index (χ0v) is 42.1. The first-order valence-corrected chi connectivity index (χ1v) is 27.2. The van der Waals surface area contributed by atoms with E-state index in [1.54, 1.807) is 12.2 Å². The van der Waals surface area contributed by atoms with Crippen LogP contribution in [0, 0.1) is 0 Å². The number of nitrogens with zero attached hydrogens (tertiary/aromatic N) is 2. The number of phosphoric acid groups is 2. The van der Waals surface area contributed by atoms with Gasteiger partial charge < -0.3 is 39.9 Å². The largest absolute Gasteiger partial charge is 0.481 e. The van der Waals surface area contributed by atoms with Crippen molar-refractivity contribution in [1.82, 2.24) is 9.55 Å². The first kappa shape index (κ1) is 61.3. The van der Waals surface area contributed by atoms with Gasteiger partial charge in [0.05, 0.1) is 13.2 Å². The number of hydrogen-bond acceptors (Lipinski definition) is 16. The first-order valence-electron chi connectivity index (χ1n) is 24.3. The van der Waals surface area contributed by atoms with Crippen LogP contribution in [-0.2, 0) is 51.1 Å². The number of rotatable bonds is 39. The van der Waals surface area contributed by atoms with Crippen molar-refractivity contribution in [2.24, 2.45) is 0 Å². The average molecular weight is 1010 g/mol. The fourth-order valence-corrected chi connectivity index (χ4v) is 8.83. The number of anilines is 1. The van der Waals surface area contributed by atoms with Gasteiger partial charge >= 0.3 is 33.3 Å². The van der Waals surface area contributed by atoms with E-state index in [-0.39, 0.29) is 24.4 Å². The molecule has 0 radical (unpaired) electrons. The lowest BCUT2D eigenvalue weighted by molar-refractivity contribution is -0.161. The molecule has 1 aromatic rings. The van der Waals surface area contributed by atoms with Crippen LogP contribution in [0.5, 0.6) is 0 Å². The Labute approximate surface area is 407 Å². The number of ketones is 1. The number of nitrogen functional groups attached to an aromatic ring is 1. The average Bonchev–Trinajstić information content (AvgIpc) is 3.58. The van der Waals surface area contributed by atoms with Crippen LogP contribution in [0.3, 0.4) is 0 Å². The van der Waals surface area contributed by atoms with Crippen molar-refractivity contribution in [3.05, 3.63) is 83.5 Å². The van der Waals surface area contributed by atoms with E-state index in [2.05, 4.69) is 35.3 Å². The Morgan fingerprint density at radius 2 is 1.32 bits per heavy atom. The maximum absolute atomic E-state index is 12.8. The summed E-state index contributed by atoms with van der Waals surface area (Å²) in [5.74, 6) is -1.29. The molecule has 0 bridgehead atoms. The molecular formula is C48H77N3O16P2. The van der Waals surface area contributed by atoms with E-state index in [1.807, 2.05) is 36.5 Å². The van der Waals surface area contributed by atoms with E-state index >= 15 is 0 Å². The number of phosphoric ester groups is 2. The molecule has 0 amide bonds. The van der Waals surface area contributed by atoms with Crippen molar-refractivity contribution in [1.29, 1.82) is 0 Å². The van der Waals surface area contributed by atoms with Gasteiger partial charge in [-0.25, -0.2) is 13.9 Å². The first-order chi connectivity index (χ1) is 33.1. The number of aliphatic hydroxyl groups excluding tert-OH is 2. The predicted molar refractivity (Wildman–Crippen MR) is 261 cm³/mol. The highest BCUT2D eigenvalue weighted by Crippen LogP contribution is 2.60. The number of allylic oxidation sites excluding steroid dienone is 10. The van der Waals surface area contributed by atoms with Gasteiger partial charge in [-0.15, -0.1) is 0 Å². The molecule has 21 heteroatoms. The molecule has 7 atom stereocenters. The summed E-state index contributed by atoms with van der Waals surface area (Å²) in [5.41, 5.74) is 4.57. The zero-order chi connectivity index (χ0) is 50.8. The van der Waals surface area contributed by atoms with Gasteiger partial charge in [-0.1, -0.05) is 120 Å². The molecule has 0 aliphatic carbocycles. The molecular weight excluding hydrogens is 936 g/mol. The summed E-state index contributed by atoms with van der Waals surface area (Å²) in [6.45, 7) is 1.89. The second-order valence-corrected chi connectivity index (χ2v) is 19.7. The van der Waals surface area contributed by atoms with Crippen LogP contribution in [0.4, 0.5) is 5.82 Å². The maximum Gasteiger partial charge on any atom is 0.481 e. The van der Waals surface area contributed by atoms with Gasteiger partial charge in [0.15, 0.2) is 18.1 Å². The summed E-state index contributed by atoms with van der Waals surface area (Å²) < 4.78 is 56.6. The Morgan fingerprint density at radius 1 is 0.739 bits per heavy atom. The molecule has 0 aromatic carbocycles. The molecule has 2 unspecified atom stereocenters. The van der Waals surface area contributed by atoms with Crippen molar-refractivity contribution in [2.45, 2.75) is 179 Å². The molecule has 1 aliphatic heterocycles. The van der Waals surface area contributed by atoms with Crippen molar-refractivity contribution < 1.29 is 71.1 Å². The van der Waals surface area contributed by atoms with Gasteiger partial charge in [-0.05, 0) is 76.4 Å². The summed E-state index contributed by atoms with van der Waals surface area (Å²) in [6, 6.07) is 1.24. The maximum atomic E-state index is 12.8. The van der Waals surface area contributed by atoms with Crippen LogP contribution < -0.4 is 11.4 Å². The van der Waals surface area contributed by atoms with Crippen LogP contribution in [0.2, 0.25) is 0 Å². The van der Waals surface area contributed by atoms with E-state index in [0.29, 0.717) is 32.1 Å². The van der Waals surface area contributed by atoms with Gasteiger partial charge in [-0.2, -0.15) is 9.29 Å². The summed E-state index contributed by atoms with van der Waals surface area (Å²) in [4.78, 5) is 73.5. The minimum Gasteiger partial charge on any atom is -0.462 e. The van der Waals surface area contributed by atoms with E-state index in [1.165, 1.54) is 31.7 Å². The SMILES string of the molecule is CCCCCC/C=C\CCCCCCCC(=O)O[C@H](COC(=O)CCC/C=C\C/C=C\C/C=C\C=C\C(=O)CCCCC)COP(=O)(O)OP(=O)(O)OC[C@H]1O[C@@H](n2ccc(N)nc2=O)[C@H](O)[C@@H]1O. The Bertz CT molecular complexity index is 1950. The van der Waals surface area contributed by atoms with Crippen molar-refractivity contribution in [3.8, 4) is 0 Å². The van der Waals surface area contributed by atoms with Gasteiger partial charge in [0, 0.05) is 25.5 Å². The second-order valence-electron chi connectivity index (χ2n) is 16.6. The standard InChI is InChI=1S/C48H77N3O16P2/c1-3-5-7-8-9-10-11-12-15-19-22-25-29-33-44(54)65-40(36-62-43(53)32-28-24-21-18-16-13-14-17-20-23-27-31-39(52)30-26-6-4-2)37-63-68(58,59)67-69(60,61)64-38-41-45(55)46(56)47(66-41)51-35-34-42(49)50-48(51)57/h10-11,13-14,18,20-21,23,27,31,34-35,40-41,45-47,55-56H,3-9,12,15-17,19,22,24-26,28-30,32-33,36-38H2,1-2H3,(H,58,59)(H,60,61)(H2,49,50,57)/b11-10-,14-13-,21-18-,23-20-,31-27+/t40-,41-,45-,46-,47-/m1/s1. The summed E-state index contributed by atoms with van der Waals surface area (Å²) in [6.07, 6.45) is 30.1. The minimum absolute atomic E-state index is 0.0141. The molecule has 390 valence electrons. The number of aliphatic hydroxyl groups is 2.